The number of rotatable bonds is 3. The van der Waals surface area contributed by atoms with Crippen LogP contribution in [0.3, 0.4) is 0 Å². The SMILES string of the molecule is Cc1ccc(NCc2cccnc2)cn1. The minimum atomic E-state index is 0.776. The molecule has 0 saturated carbocycles. The lowest BCUT2D eigenvalue weighted by Crippen LogP contribution is -1.99. The van der Waals surface area contributed by atoms with Gasteiger partial charge in [0.25, 0.3) is 0 Å². The molecule has 3 heteroatoms. The van der Waals surface area contributed by atoms with Crippen molar-refractivity contribution in [3.63, 3.8) is 0 Å². The van der Waals surface area contributed by atoms with Gasteiger partial charge in [-0.05, 0) is 30.7 Å². The van der Waals surface area contributed by atoms with Crippen molar-refractivity contribution in [3.8, 4) is 0 Å². The monoisotopic (exact) mass is 199 g/mol. The molecule has 15 heavy (non-hydrogen) atoms. The molecule has 0 unspecified atom stereocenters. The normalized spacial score (nSPS) is 9.93. The molecule has 0 atom stereocenters. The maximum Gasteiger partial charge on any atom is 0.0529 e. The van der Waals surface area contributed by atoms with E-state index < -0.39 is 0 Å². The summed E-state index contributed by atoms with van der Waals surface area (Å²) in [7, 11) is 0. The molecule has 2 heterocycles. The molecular formula is C12H13N3. The molecule has 0 aromatic carbocycles. The molecule has 76 valence electrons. The fourth-order valence-electron chi connectivity index (χ4n) is 1.28. The van der Waals surface area contributed by atoms with Crippen molar-refractivity contribution < 1.29 is 0 Å². The molecule has 0 aliphatic carbocycles. The zero-order valence-electron chi connectivity index (χ0n) is 8.64. The highest BCUT2D eigenvalue weighted by atomic mass is 14.9. The standard InChI is InChI=1S/C12H13N3/c1-10-4-5-12(9-14-10)15-8-11-3-2-6-13-7-11/h2-7,9,15H,8H2,1H3. The van der Waals surface area contributed by atoms with Crippen LogP contribution in [0.25, 0.3) is 0 Å². The second-order valence-electron chi connectivity index (χ2n) is 3.40. The summed E-state index contributed by atoms with van der Waals surface area (Å²) in [5.74, 6) is 0. The number of hydrogen-bond acceptors (Lipinski definition) is 3. The molecule has 0 aliphatic rings. The Kier molecular flexibility index (Phi) is 2.93. The summed E-state index contributed by atoms with van der Waals surface area (Å²) in [6.45, 7) is 2.75. The Morgan fingerprint density at radius 2 is 2.13 bits per heavy atom. The lowest BCUT2D eigenvalue weighted by molar-refractivity contribution is 1.10. The van der Waals surface area contributed by atoms with Crippen LogP contribution in [0.4, 0.5) is 5.69 Å². The lowest BCUT2D eigenvalue weighted by Gasteiger charge is -2.05. The van der Waals surface area contributed by atoms with Crippen molar-refractivity contribution in [1.29, 1.82) is 0 Å². The highest BCUT2D eigenvalue weighted by Gasteiger charge is 1.93. The van der Waals surface area contributed by atoms with Gasteiger partial charge in [-0.2, -0.15) is 0 Å². The maximum absolute atomic E-state index is 4.21. The molecule has 2 aromatic rings. The summed E-state index contributed by atoms with van der Waals surface area (Å²) in [4.78, 5) is 8.27. The van der Waals surface area contributed by atoms with E-state index in [1.54, 1.807) is 6.20 Å². The van der Waals surface area contributed by atoms with Gasteiger partial charge in [0, 0.05) is 24.6 Å². The molecule has 1 N–H and O–H groups in total. The Morgan fingerprint density at radius 1 is 1.20 bits per heavy atom. The van der Waals surface area contributed by atoms with E-state index in [-0.39, 0.29) is 0 Å². The van der Waals surface area contributed by atoms with Crippen molar-refractivity contribution in [2.75, 3.05) is 5.32 Å². The van der Waals surface area contributed by atoms with Crippen LogP contribution in [0.1, 0.15) is 11.3 Å². The van der Waals surface area contributed by atoms with Gasteiger partial charge in [0.2, 0.25) is 0 Å². The first-order valence-corrected chi connectivity index (χ1v) is 4.90. The first kappa shape index (κ1) is 9.65. The van der Waals surface area contributed by atoms with E-state index >= 15 is 0 Å². The van der Waals surface area contributed by atoms with Gasteiger partial charge in [0.1, 0.15) is 0 Å². The van der Waals surface area contributed by atoms with Gasteiger partial charge in [-0.15, -0.1) is 0 Å². The lowest BCUT2D eigenvalue weighted by atomic mass is 10.3. The molecule has 0 amide bonds. The molecule has 2 rings (SSSR count). The van der Waals surface area contributed by atoms with Crippen molar-refractivity contribution in [3.05, 3.63) is 54.1 Å². The number of anilines is 1. The van der Waals surface area contributed by atoms with Gasteiger partial charge < -0.3 is 5.32 Å². The van der Waals surface area contributed by atoms with Crippen LogP contribution < -0.4 is 5.32 Å². The van der Waals surface area contributed by atoms with Gasteiger partial charge in [-0.3, -0.25) is 9.97 Å². The summed E-state index contributed by atoms with van der Waals surface area (Å²) in [6, 6.07) is 8.00. The second-order valence-corrected chi connectivity index (χ2v) is 3.40. The molecule has 0 radical (unpaired) electrons. The third-order valence-corrected chi connectivity index (χ3v) is 2.13. The van der Waals surface area contributed by atoms with Gasteiger partial charge in [-0.1, -0.05) is 6.07 Å². The average molecular weight is 199 g/mol. The molecule has 2 aromatic heterocycles. The average Bonchev–Trinajstić information content (AvgIpc) is 2.30. The van der Waals surface area contributed by atoms with E-state index in [1.165, 1.54) is 0 Å². The molecule has 0 aliphatic heterocycles. The zero-order chi connectivity index (χ0) is 10.5. The van der Waals surface area contributed by atoms with E-state index in [9.17, 15) is 0 Å². The van der Waals surface area contributed by atoms with Gasteiger partial charge in [-0.25, -0.2) is 0 Å². The Labute approximate surface area is 89.2 Å². The highest BCUT2D eigenvalue weighted by Crippen LogP contribution is 2.07. The summed E-state index contributed by atoms with van der Waals surface area (Å²) in [5.41, 5.74) is 3.23. The van der Waals surface area contributed by atoms with Crippen molar-refractivity contribution in [2.45, 2.75) is 13.5 Å². The fraction of sp³-hybridized carbons (Fsp3) is 0.167. The van der Waals surface area contributed by atoms with Crippen LogP contribution in [-0.2, 0) is 6.54 Å². The topological polar surface area (TPSA) is 37.8 Å². The van der Waals surface area contributed by atoms with Crippen LogP contribution in [0.15, 0.2) is 42.9 Å². The first-order chi connectivity index (χ1) is 7.34. The van der Waals surface area contributed by atoms with Crippen LogP contribution in [-0.4, -0.2) is 9.97 Å². The Hall–Kier alpha value is -1.90. The summed E-state index contributed by atoms with van der Waals surface area (Å²) < 4.78 is 0. The van der Waals surface area contributed by atoms with E-state index in [0.29, 0.717) is 0 Å². The van der Waals surface area contributed by atoms with E-state index in [0.717, 1.165) is 23.5 Å². The number of nitrogens with zero attached hydrogens (tertiary/aromatic N) is 2. The Bertz CT molecular complexity index is 409. The Morgan fingerprint density at radius 3 is 2.80 bits per heavy atom. The molecule has 0 spiro atoms. The number of pyridine rings is 2. The molecule has 0 bridgehead atoms. The van der Waals surface area contributed by atoms with Crippen molar-refractivity contribution >= 4 is 5.69 Å². The first-order valence-electron chi connectivity index (χ1n) is 4.90. The fourth-order valence-corrected chi connectivity index (χ4v) is 1.28. The smallest absolute Gasteiger partial charge is 0.0529 e. The number of aromatic nitrogens is 2. The van der Waals surface area contributed by atoms with E-state index in [2.05, 4.69) is 15.3 Å². The quantitative estimate of drug-likeness (QED) is 0.824. The van der Waals surface area contributed by atoms with Crippen LogP contribution >= 0.6 is 0 Å². The van der Waals surface area contributed by atoms with Crippen molar-refractivity contribution in [1.82, 2.24) is 9.97 Å². The maximum atomic E-state index is 4.21. The number of nitrogens with one attached hydrogen (secondary N) is 1. The predicted molar refractivity (Wildman–Crippen MR) is 60.5 cm³/mol. The number of hydrogen-bond donors (Lipinski definition) is 1. The Balaban J connectivity index is 1.96. The largest absolute Gasteiger partial charge is 0.380 e. The molecule has 3 nitrogen and oxygen atoms in total. The van der Waals surface area contributed by atoms with Crippen LogP contribution in [0.2, 0.25) is 0 Å². The molecule has 0 saturated heterocycles. The third kappa shape index (κ3) is 2.77. The van der Waals surface area contributed by atoms with Gasteiger partial charge in [0.15, 0.2) is 0 Å². The van der Waals surface area contributed by atoms with Crippen molar-refractivity contribution in [2.24, 2.45) is 0 Å². The molecule has 0 fully saturated rings. The van der Waals surface area contributed by atoms with Crippen LogP contribution in [0.5, 0.6) is 0 Å². The van der Waals surface area contributed by atoms with E-state index in [4.69, 9.17) is 0 Å². The minimum Gasteiger partial charge on any atom is -0.380 e. The second kappa shape index (κ2) is 4.55. The third-order valence-electron chi connectivity index (χ3n) is 2.13. The highest BCUT2D eigenvalue weighted by molar-refractivity contribution is 5.41. The zero-order valence-corrected chi connectivity index (χ0v) is 8.64. The van der Waals surface area contributed by atoms with Gasteiger partial charge in [0.05, 0.1) is 11.9 Å². The predicted octanol–water partition coefficient (Wildman–Crippen LogP) is 2.40. The van der Waals surface area contributed by atoms with Crippen LogP contribution in [0, 0.1) is 6.92 Å². The molecular weight excluding hydrogens is 186 g/mol. The summed E-state index contributed by atoms with van der Waals surface area (Å²) in [6.07, 6.45) is 5.47. The summed E-state index contributed by atoms with van der Waals surface area (Å²) >= 11 is 0. The number of aryl methyl sites for hydroxylation is 1. The minimum absolute atomic E-state index is 0.776. The van der Waals surface area contributed by atoms with Gasteiger partial charge >= 0.3 is 0 Å². The van der Waals surface area contributed by atoms with E-state index in [1.807, 2.05) is 43.6 Å². The summed E-state index contributed by atoms with van der Waals surface area (Å²) in [5, 5.41) is 3.29.